The fourth-order valence-electron chi connectivity index (χ4n) is 2.44. The molecule has 0 bridgehead atoms. The summed E-state index contributed by atoms with van der Waals surface area (Å²) < 4.78 is 10.4. The summed E-state index contributed by atoms with van der Waals surface area (Å²) in [6.45, 7) is -0.450. The van der Waals surface area contributed by atoms with E-state index >= 15 is 0 Å². The minimum atomic E-state index is -0.715. The Morgan fingerprint density at radius 3 is 2.41 bits per heavy atom. The molecule has 0 fully saturated rings. The van der Waals surface area contributed by atoms with Crippen molar-refractivity contribution in [3.8, 4) is 0 Å². The van der Waals surface area contributed by atoms with Gasteiger partial charge < -0.3 is 19.4 Å². The van der Waals surface area contributed by atoms with Gasteiger partial charge >= 0.3 is 5.97 Å². The number of furan rings is 1. The average molecular weight is 366 g/mol. The number of esters is 1. The summed E-state index contributed by atoms with van der Waals surface area (Å²) in [5.41, 5.74) is 1.57. The number of amides is 2. The number of nitrogens with one attached hydrogen (secondary N) is 1. The molecule has 0 radical (unpaired) electrons. The number of fused-ring (bicyclic) bond motifs is 1. The quantitative estimate of drug-likeness (QED) is 0.702. The third-order valence-electron chi connectivity index (χ3n) is 3.78. The van der Waals surface area contributed by atoms with Gasteiger partial charge in [-0.1, -0.05) is 18.2 Å². The maximum Gasteiger partial charge on any atom is 0.374 e. The summed E-state index contributed by atoms with van der Waals surface area (Å²) >= 11 is 0. The van der Waals surface area contributed by atoms with Crippen LogP contribution in [0.25, 0.3) is 11.0 Å². The van der Waals surface area contributed by atoms with E-state index in [1.54, 1.807) is 56.6 Å². The van der Waals surface area contributed by atoms with Crippen LogP contribution in [0.4, 0.5) is 5.69 Å². The van der Waals surface area contributed by atoms with E-state index in [9.17, 15) is 14.4 Å². The Balaban J connectivity index is 1.54. The van der Waals surface area contributed by atoms with Crippen molar-refractivity contribution in [3.63, 3.8) is 0 Å². The molecule has 0 saturated heterocycles. The number of hydrogen-bond acceptors (Lipinski definition) is 5. The van der Waals surface area contributed by atoms with E-state index in [0.29, 0.717) is 16.8 Å². The van der Waals surface area contributed by atoms with E-state index in [-0.39, 0.29) is 11.7 Å². The summed E-state index contributed by atoms with van der Waals surface area (Å²) in [5, 5.41) is 3.38. The van der Waals surface area contributed by atoms with Crippen molar-refractivity contribution in [1.82, 2.24) is 4.90 Å². The molecule has 0 aliphatic rings. The molecule has 0 saturated carbocycles. The normalized spacial score (nSPS) is 10.4. The van der Waals surface area contributed by atoms with Gasteiger partial charge in [-0.3, -0.25) is 9.59 Å². The lowest BCUT2D eigenvalue weighted by Gasteiger charge is -2.11. The van der Waals surface area contributed by atoms with Gasteiger partial charge in [0.2, 0.25) is 5.76 Å². The Morgan fingerprint density at radius 2 is 1.74 bits per heavy atom. The molecule has 138 valence electrons. The van der Waals surface area contributed by atoms with Gasteiger partial charge in [0.25, 0.3) is 11.8 Å². The zero-order chi connectivity index (χ0) is 19.4. The molecule has 0 atom stereocenters. The number of nitrogens with zero attached hydrogens (tertiary/aromatic N) is 1. The van der Waals surface area contributed by atoms with Gasteiger partial charge in [0, 0.05) is 30.7 Å². The second-order valence-corrected chi connectivity index (χ2v) is 6.05. The van der Waals surface area contributed by atoms with Crippen LogP contribution in [0, 0.1) is 0 Å². The van der Waals surface area contributed by atoms with Gasteiger partial charge in [-0.2, -0.15) is 0 Å². The highest BCUT2D eigenvalue weighted by atomic mass is 16.5. The predicted molar refractivity (Wildman–Crippen MR) is 99.6 cm³/mol. The van der Waals surface area contributed by atoms with Gasteiger partial charge in [-0.25, -0.2) is 4.79 Å². The second-order valence-electron chi connectivity index (χ2n) is 6.05. The molecule has 2 amide bonds. The van der Waals surface area contributed by atoms with Crippen LogP contribution in [-0.4, -0.2) is 43.4 Å². The highest BCUT2D eigenvalue weighted by Crippen LogP contribution is 2.19. The van der Waals surface area contributed by atoms with Crippen molar-refractivity contribution in [2.75, 3.05) is 26.0 Å². The van der Waals surface area contributed by atoms with Gasteiger partial charge in [0.1, 0.15) is 5.58 Å². The van der Waals surface area contributed by atoms with E-state index in [1.165, 1.54) is 4.90 Å². The molecule has 7 nitrogen and oxygen atoms in total. The molecule has 3 rings (SSSR count). The Morgan fingerprint density at radius 1 is 1.04 bits per heavy atom. The van der Waals surface area contributed by atoms with Crippen molar-refractivity contribution in [3.05, 3.63) is 65.9 Å². The van der Waals surface area contributed by atoms with Gasteiger partial charge in [-0.05, 0) is 36.4 Å². The van der Waals surface area contributed by atoms with E-state index in [1.807, 2.05) is 12.1 Å². The summed E-state index contributed by atoms with van der Waals surface area (Å²) in [5.74, 6) is -1.30. The first kappa shape index (κ1) is 18.2. The second kappa shape index (κ2) is 7.74. The van der Waals surface area contributed by atoms with Crippen LogP contribution >= 0.6 is 0 Å². The van der Waals surface area contributed by atoms with Crippen LogP contribution in [0.2, 0.25) is 0 Å². The first-order valence-corrected chi connectivity index (χ1v) is 8.21. The molecule has 1 aromatic heterocycles. The van der Waals surface area contributed by atoms with Crippen molar-refractivity contribution in [2.24, 2.45) is 0 Å². The molecule has 0 aliphatic heterocycles. The smallest absolute Gasteiger partial charge is 0.374 e. The number of carbonyl (C=O) groups excluding carboxylic acids is 3. The Kier molecular flexibility index (Phi) is 5.21. The molecule has 3 aromatic rings. The van der Waals surface area contributed by atoms with E-state index < -0.39 is 18.5 Å². The Labute approximate surface area is 155 Å². The van der Waals surface area contributed by atoms with Crippen LogP contribution in [0.1, 0.15) is 20.9 Å². The van der Waals surface area contributed by atoms with E-state index in [0.717, 1.165) is 5.39 Å². The number of rotatable bonds is 5. The predicted octanol–water partition coefficient (Wildman–Crippen LogP) is 2.93. The summed E-state index contributed by atoms with van der Waals surface area (Å²) in [4.78, 5) is 37.3. The van der Waals surface area contributed by atoms with Gasteiger partial charge in [0.15, 0.2) is 6.61 Å². The molecular formula is C20H18N2O5. The minimum Gasteiger partial charge on any atom is -0.450 e. The maximum absolute atomic E-state index is 12.0. The Bertz CT molecular complexity index is 956. The van der Waals surface area contributed by atoms with Crippen LogP contribution in [0.15, 0.2) is 59.0 Å². The molecule has 1 N–H and O–H groups in total. The zero-order valence-corrected chi connectivity index (χ0v) is 14.9. The zero-order valence-electron chi connectivity index (χ0n) is 14.9. The van der Waals surface area contributed by atoms with Crippen LogP contribution < -0.4 is 5.32 Å². The lowest BCUT2D eigenvalue weighted by atomic mass is 10.2. The molecule has 7 heteroatoms. The van der Waals surface area contributed by atoms with E-state index in [4.69, 9.17) is 9.15 Å². The lowest BCUT2D eigenvalue weighted by molar-refractivity contribution is -0.119. The van der Waals surface area contributed by atoms with Crippen molar-refractivity contribution in [2.45, 2.75) is 0 Å². The highest BCUT2D eigenvalue weighted by molar-refractivity contribution is 5.97. The summed E-state index contributed by atoms with van der Waals surface area (Å²) in [6, 6.07) is 15.2. The number of ether oxygens (including phenoxy) is 1. The van der Waals surface area contributed by atoms with Crippen LogP contribution in [0.3, 0.4) is 0 Å². The maximum atomic E-state index is 12.0. The molecule has 0 spiro atoms. The molecule has 2 aromatic carbocycles. The van der Waals surface area contributed by atoms with Crippen molar-refractivity contribution < 1.29 is 23.5 Å². The van der Waals surface area contributed by atoms with Crippen molar-refractivity contribution >= 4 is 34.4 Å². The number of hydrogen-bond donors (Lipinski definition) is 1. The third kappa shape index (κ3) is 4.33. The first-order chi connectivity index (χ1) is 12.9. The fraction of sp³-hybridized carbons (Fsp3) is 0.150. The molecule has 0 unspecified atom stereocenters. The number of benzene rings is 2. The molecule has 1 heterocycles. The molecular weight excluding hydrogens is 348 g/mol. The summed E-state index contributed by atoms with van der Waals surface area (Å²) in [6.07, 6.45) is 0. The third-order valence-corrected chi connectivity index (χ3v) is 3.78. The van der Waals surface area contributed by atoms with Crippen LogP contribution in [-0.2, 0) is 9.53 Å². The lowest BCUT2D eigenvalue weighted by Crippen LogP contribution is -2.22. The number of anilines is 1. The largest absolute Gasteiger partial charge is 0.450 e. The number of carbonyl (C=O) groups is 3. The topological polar surface area (TPSA) is 88.9 Å². The average Bonchev–Trinajstić information content (AvgIpc) is 3.10. The first-order valence-electron chi connectivity index (χ1n) is 8.21. The SMILES string of the molecule is CN(C)C(=O)c1ccc(NC(=O)COC(=O)c2cc3ccccc3o2)cc1. The molecule has 0 aliphatic carbocycles. The van der Waals surface area contributed by atoms with Crippen molar-refractivity contribution in [1.29, 1.82) is 0 Å². The Hall–Kier alpha value is -3.61. The van der Waals surface area contributed by atoms with Crippen LogP contribution in [0.5, 0.6) is 0 Å². The molecule has 27 heavy (non-hydrogen) atoms. The highest BCUT2D eigenvalue weighted by Gasteiger charge is 2.15. The van der Waals surface area contributed by atoms with E-state index in [2.05, 4.69) is 5.32 Å². The summed E-state index contributed by atoms with van der Waals surface area (Å²) in [7, 11) is 3.32. The fourth-order valence-corrected chi connectivity index (χ4v) is 2.44. The monoisotopic (exact) mass is 366 g/mol. The van der Waals surface area contributed by atoms with Gasteiger partial charge in [0.05, 0.1) is 0 Å². The minimum absolute atomic E-state index is 0.0375. The van der Waals surface area contributed by atoms with Gasteiger partial charge in [-0.15, -0.1) is 0 Å². The standard InChI is InChI=1S/C20H18N2O5/c1-22(2)19(24)13-7-9-15(10-8-13)21-18(23)12-26-20(25)17-11-14-5-3-4-6-16(14)27-17/h3-11H,12H2,1-2H3,(H,21,23). The number of para-hydroxylation sites is 1.